The van der Waals surface area contributed by atoms with Crippen molar-refractivity contribution in [2.75, 3.05) is 6.54 Å². The van der Waals surface area contributed by atoms with E-state index in [9.17, 15) is 4.79 Å². The molecule has 4 heteroatoms. The summed E-state index contributed by atoms with van der Waals surface area (Å²) < 4.78 is 0. The van der Waals surface area contributed by atoms with Crippen molar-refractivity contribution in [1.29, 1.82) is 0 Å². The molecule has 0 fully saturated rings. The molecule has 0 aromatic carbocycles. The van der Waals surface area contributed by atoms with E-state index in [-0.39, 0.29) is 12.5 Å². The monoisotopic (exact) mass is 188 g/mol. The zero-order valence-electron chi connectivity index (χ0n) is 8.58. The van der Waals surface area contributed by atoms with E-state index >= 15 is 0 Å². The maximum absolute atomic E-state index is 11.2. The second-order valence-electron chi connectivity index (χ2n) is 3.83. The third-order valence-corrected chi connectivity index (χ3v) is 1.63. The van der Waals surface area contributed by atoms with E-state index in [1.807, 2.05) is 13.8 Å². The molecule has 78 valence electrons. The van der Waals surface area contributed by atoms with Crippen molar-refractivity contribution in [3.63, 3.8) is 0 Å². The lowest BCUT2D eigenvalue weighted by Crippen LogP contribution is -2.43. The molecule has 0 radical (unpaired) electrons. The predicted octanol–water partition coefficient (Wildman–Crippen LogP) is -0.143. The predicted molar refractivity (Wildman–Crippen MR) is 52.1 cm³/mol. The first-order valence-electron chi connectivity index (χ1n) is 4.64. The molecule has 4 N–H and O–H groups in total. The molecule has 0 aliphatic heterocycles. The average Bonchev–Trinajstić information content (AvgIpc) is 1.98. The number of nitrogens with one attached hydrogen (secondary N) is 1. The minimum absolute atomic E-state index is 0.186. The van der Waals surface area contributed by atoms with Gasteiger partial charge in [-0.3, -0.25) is 4.79 Å². The number of aliphatic hydroxyl groups excluding tert-OH is 1. The second kappa shape index (κ2) is 5.94. The number of carbonyl (C=O) groups excluding carboxylic acids is 1. The Kier molecular flexibility index (Phi) is 5.66. The van der Waals surface area contributed by atoms with E-state index in [4.69, 9.17) is 10.8 Å². The maximum atomic E-state index is 11.2. The van der Waals surface area contributed by atoms with Crippen LogP contribution in [0.2, 0.25) is 0 Å². The van der Waals surface area contributed by atoms with Crippen LogP contribution in [-0.4, -0.2) is 29.7 Å². The summed E-state index contributed by atoms with van der Waals surface area (Å²) in [5.74, 6) is 0.224. The average molecular weight is 188 g/mol. The highest BCUT2D eigenvalue weighted by molar-refractivity contribution is 5.81. The fraction of sp³-hybridized carbons (Fsp3) is 0.889. The summed E-state index contributed by atoms with van der Waals surface area (Å²) in [6.07, 6.45) is 0.154. The van der Waals surface area contributed by atoms with Gasteiger partial charge in [-0.15, -0.1) is 0 Å². The number of hydrogen-bond donors (Lipinski definition) is 3. The first kappa shape index (κ1) is 12.4. The van der Waals surface area contributed by atoms with Crippen molar-refractivity contribution in [3.8, 4) is 0 Å². The van der Waals surface area contributed by atoms with Crippen LogP contribution in [0, 0.1) is 5.92 Å². The summed E-state index contributed by atoms with van der Waals surface area (Å²) in [4.78, 5) is 11.2. The molecule has 0 aromatic rings. The van der Waals surface area contributed by atoms with Crippen molar-refractivity contribution in [3.05, 3.63) is 0 Å². The Morgan fingerprint density at radius 3 is 2.38 bits per heavy atom. The van der Waals surface area contributed by atoms with Crippen molar-refractivity contribution in [1.82, 2.24) is 5.32 Å². The molecule has 0 saturated carbocycles. The minimum Gasteiger partial charge on any atom is -0.392 e. The largest absolute Gasteiger partial charge is 0.392 e. The van der Waals surface area contributed by atoms with Gasteiger partial charge in [0.2, 0.25) is 5.91 Å². The molecular formula is C9H20N2O2. The third kappa shape index (κ3) is 6.54. The molecule has 1 amide bonds. The molecule has 13 heavy (non-hydrogen) atoms. The molecule has 0 saturated heterocycles. The summed E-state index contributed by atoms with van der Waals surface area (Å²) in [7, 11) is 0. The summed E-state index contributed by atoms with van der Waals surface area (Å²) in [5.41, 5.74) is 5.61. The van der Waals surface area contributed by atoms with Crippen LogP contribution in [0.4, 0.5) is 0 Å². The summed E-state index contributed by atoms with van der Waals surface area (Å²) in [6.45, 7) is 5.92. The van der Waals surface area contributed by atoms with Gasteiger partial charge in [0.15, 0.2) is 0 Å². The Bertz CT molecular complexity index is 158. The first-order chi connectivity index (χ1) is 5.93. The van der Waals surface area contributed by atoms with Gasteiger partial charge in [0.05, 0.1) is 12.1 Å². The van der Waals surface area contributed by atoms with Crippen molar-refractivity contribution < 1.29 is 9.90 Å². The van der Waals surface area contributed by atoms with E-state index in [0.717, 1.165) is 0 Å². The Balaban J connectivity index is 3.69. The molecule has 2 atom stereocenters. The number of nitrogens with two attached hydrogens (primary N) is 1. The van der Waals surface area contributed by atoms with E-state index in [1.165, 1.54) is 0 Å². The lowest BCUT2D eigenvalue weighted by molar-refractivity contribution is -0.123. The number of rotatable bonds is 5. The molecule has 0 aromatic heterocycles. The van der Waals surface area contributed by atoms with Gasteiger partial charge >= 0.3 is 0 Å². The van der Waals surface area contributed by atoms with Crippen LogP contribution in [0.3, 0.4) is 0 Å². The maximum Gasteiger partial charge on any atom is 0.237 e. The SMILES string of the molecule is CC(C)C[C@H](N)C(=O)NCC(C)O. The fourth-order valence-corrected chi connectivity index (χ4v) is 0.994. The molecule has 0 rings (SSSR count). The van der Waals surface area contributed by atoms with Crippen molar-refractivity contribution in [2.45, 2.75) is 39.3 Å². The van der Waals surface area contributed by atoms with Crippen LogP contribution < -0.4 is 11.1 Å². The van der Waals surface area contributed by atoms with E-state index in [1.54, 1.807) is 6.92 Å². The number of amides is 1. The quantitative estimate of drug-likeness (QED) is 0.562. The summed E-state index contributed by atoms with van der Waals surface area (Å²) >= 11 is 0. The van der Waals surface area contributed by atoms with Gasteiger partial charge in [-0.05, 0) is 19.3 Å². The van der Waals surface area contributed by atoms with E-state index in [0.29, 0.717) is 12.3 Å². The molecule has 0 spiro atoms. The smallest absolute Gasteiger partial charge is 0.237 e. The first-order valence-corrected chi connectivity index (χ1v) is 4.64. The number of hydrogen-bond acceptors (Lipinski definition) is 3. The Morgan fingerprint density at radius 2 is 2.00 bits per heavy atom. The Morgan fingerprint density at radius 1 is 1.46 bits per heavy atom. The highest BCUT2D eigenvalue weighted by Crippen LogP contribution is 2.02. The number of carbonyl (C=O) groups is 1. The van der Waals surface area contributed by atoms with Gasteiger partial charge in [0, 0.05) is 6.54 Å². The second-order valence-corrected chi connectivity index (χ2v) is 3.83. The third-order valence-electron chi connectivity index (χ3n) is 1.63. The molecule has 1 unspecified atom stereocenters. The zero-order valence-corrected chi connectivity index (χ0v) is 8.58. The van der Waals surface area contributed by atoms with Crippen LogP contribution >= 0.6 is 0 Å². The van der Waals surface area contributed by atoms with Crippen LogP contribution in [0.5, 0.6) is 0 Å². The lowest BCUT2D eigenvalue weighted by atomic mass is 10.0. The van der Waals surface area contributed by atoms with Crippen LogP contribution in [0.1, 0.15) is 27.2 Å². The van der Waals surface area contributed by atoms with E-state index in [2.05, 4.69) is 5.32 Å². The standard InChI is InChI=1S/C9H20N2O2/c1-6(2)4-8(10)9(13)11-5-7(3)12/h6-8,12H,4-5,10H2,1-3H3,(H,11,13)/t7?,8-/m0/s1. The van der Waals surface area contributed by atoms with Gasteiger partial charge < -0.3 is 16.2 Å². The highest BCUT2D eigenvalue weighted by Gasteiger charge is 2.14. The van der Waals surface area contributed by atoms with Crippen molar-refractivity contribution >= 4 is 5.91 Å². The topological polar surface area (TPSA) is 75.4 Å². The van der Waals surface area contributed by atoms with Gasteiger partial charge in [-0.25, -0.2) is 0 Å². The summed E-state index contributed by atoms with van der Waals surface area (Å²) in [6, 6.07) is -0.459. The Hall–Kier alpha value is -0.610. The molecule has 0 bridgehead atoms. The van der Waals surface area contributed by atoms with Gasteiger partial charge in [0.25, 0.3) is 0 Å². The van der Waals surface area contributed by atoms with Gasteiger partial charge in [0.1, 0.15) is 0 Å². The van der Waals surface area contributed by atoms with Crippen LogP contribution in [-0.2, 0) is 4.79 Å². The molecule has 0 heterocycles. The van der Waals surface area contributed by atoms with Crippen molar-refractivity contribution in [2.24, 2.45) is 11.7 Å². The summed E-state index contributed by atoms with van der Waals surface area (Å²) in [5, 5.41) is 11.5. The van der Waals surface area contributed by atoms with Crippen LogP contribution in [0.25, 0.3) is 0 Å². The Labute approximate surface area is 79.5 Å². The van der Waals surface area contributed by atoms with Crippen LogP contribution in [0.15, 0.2) is 0 Å². The molecule has 4 nitrogen and oxygen atoms in total. The molecule has 0 aliphatic carbocycles. The van der Waals surface area contributed by atoms with E-state index < -0.39 is 12.1 Å². The highest BCUT2D eigenvalue weighted by atomic mass is 16.3. The normalized spacial score (nSPS) is 15.5. The molecular weight excluding hydrogens is 168 g/mol. The number of aliphatic hydroxyl groups is 1. The zero-order chi connectivity index (χ0) is 10.4. The van der Waals surface area contributed by atoms with Gasteiger partial charge in [-0.2, -0.15) is 0 Å². The fourth-order valence-electron chi connectivity index (χ4n) is 0.994. The molecule has 0 aliphatic rings. The van der Waals surface area contributed by atoms with Gasteiger partial charge in [-0.1, -0.05) is 13.8 Å². The minimum atomic E-state index is -0.518. The lowest BCUT2D eigenvalue weighted by Gasteiger charge is -2.14.